The Labute approximate surface area is 188 Å². The minimum atomic E-state index is -0.323. The summed E-state index contributed by atoms with van der Waals surface area (Å²) in [6.45, 7) is 0.0842. The summed E-state index contributed by atoms with van der Waals surface area (Å²) in [7, 11) is 5.17. The number of nitrogens with zero attached hydrogens (tertiary/aromatic N) is 4. The number of methoxy groups -OCH3 is 1. The lowest BCUT2D eigenvalue weighted by Gasteiger charge is -1.99. The number of fused-ring (bicyclic) bond motifs is 2. The van der Waals surface area contributed by atoms with Gasteiger partial charge in [0, 0.05) is 24.9 Å². The first-order chi connectivity index (χ1) is 13.3. The van der Waals surface area contributed by atoms with Gasteiger partial charge in [0.2, 0.25) is 0 Å². The van der Waals surface area contributed by atoms with Crippen molar-refractivity contribution in [3.63, 3.8) is 0 Å². The molecule has 2 aromatic heterocycles. The summed E-state index contributed by atoms with van der Waals surface area (Å²) in [5.41, 5.74) is 3.59. The number of halogens is 2. The topological polar surface area (TPSA) is 82.2 Å². The first-order valence-electron chi connectivity index (χ1n) is 8.28. The molecule has 9 heteroatoms. The van der Waals surface area contributed by atoms with Crippen LogP contribution in [-0.2, 0) is 25.4 Å². The van der Waals surface area contributed by atoms with E-state index in [1.54, 1.807) is 16.8 Å². The van der Waals surface area contributed by atoms with Crippen LogP contribution in [0, 0.1) is 7.40 Å². The normalized spacial score (nSPS) is 10.8. The van der Waals surface area contributed by atoms with Crippen molar-refractivity contribution in [2.75, 3.05) is 7.11 Å². The number of benzene rings is 2. The van der Waals surface area contributed by atoms with Crippen molar-refractivity contribution in [3.05, 3.63) is 54.9 Å². The zero-order chi connectivity index (χ0) is 20.4. The molecule has 0 saturated carbocycles. The smallest absolute Gasteiger partial charge is 0.337 e. The predicted molar refractivity (Wildman–Crippen MR) is 124 cm³/mol. The minimum absolute atomic E-state index is 0.0842. The lowest BCUT2D eigenvalue weighted by molar-refractivity contribution is 0.0601. The van der Waals surface area contributed by atoms with Crippen LogP contribution < -0.4 is 0 Å². The fourth-order valence-electron chi connectivity index (χ4n) is 2.84. The Morgan fingerprint density at radius 3 is 2.07 bits per heavy atom. The van der Waals surface area contributed by atoms with Gasteiger partial charge in [-0.15, -0.1) is 0 Å². The van der Waals surface area contributed by atoms with Gasteiger partial charge in [-0.1, -0.05) is 6.07 Å². The molecule has 4 aromatic rings. The molecule has 0 spiro atoms. The third-order valence-electron chi connectivity index (χ3n) is 4.28. The SMILES string of the molecule is COC(=O)c1ccc2c(c1)c(I)nn2C.Cn1nc(I)c2cc(CO)ccc21. The molecule has 0 unspecified atom stereocenters. The zero-order valence-corrected chi connectivity index (χ0v) is 19.8. The highest BCUT2D eigenvalue weighted by molar-refractivity contribution is 14.1. The Balaban J connectivity index is 0.000000162. The number of carbonyl (C=O) groups is 1. The summed E-state index contributed by atoms with van der Waals surface area (Å²) in [4.78, 5) is 11.3. The first-order valence-corrected chi connectivity index (χ1v) is 10.4. The number of rotatable bonds is 2. The van der Waals surface area contributed by atoms with Gasteiger partial charge < -0.3 is 9.84 Å². The van der Waals surface area contributed by atoms with E-state index in [9.17, 15) is 4.79 Å². The van der Waals surface area contributed by atoms with Crippen LogP contribution in [0.1, 0.15) is 15.9 Å². The Hall–Kier alpha value is -1.73. The van der Waals surface area contributed by atoms with Gasteiger partial charge in [-0.25, -0.2) is 4.79 Å². The van der Waals surface area contributed by atoms with Gasteiger partial charge in [0.05, 0.1) is 30.3 Å². The van der Waals surface area contributed by atoms with E-state index < -0.39 is 0 Å². The van der Waals surface area contributed by atoms with Crippen LogP contribution in [0.25, 0.3) is 21.8 Å². The quantitative estimate of drug-likeness (QED) is 0.280. The second kappa shape index (κ2) is 8.74. The average Bonchev–Trinajstić information content (AvgIpc) is 3.16. The molecular weight excluding hydrogens is 586 g/mol. The number of esters is 1. The second-order valence-corrected chi connectivity index (χ2v) is 8.11. The van der Waals surface area contributed by atoms with Crippen LogP contribution in [0.5, 0.6) is 0 Å². The molecule has 2 heterocycles. The molecule has 4 rings (SSSR count). The van der Waals surface area contributed by atoms with Crippen LogP contribution in [0.2, 0.25) is 0 Å². The maximum absolute atomic E-state index is 11.3. The third kappa shape index (κ3) is 4.15. The standard InChI is InChI=1S/C10H9IN2O2.C9H9IN2O/c1-13-8-4-3-6(10(14)15-2)5-7(8)9(11)12-13;1-12-8-3-2-6(5-13)4-7(8)9(10)11-12/h3-5H,1-2H3;2-4,13H,5H2,1H3. The Kier molecular flexibility index (Phi) is 6.55. The molecule has 146 valence electrons. The number of ether oxygens (including phenoxy) is 1. The molecule has 0 amide bonds. The van der Waals surface area contributed by atoms with Gasteiger partial charge in [-0.05, 0) is 81.1 Å². The molecule has 0 saturated heterocycles. The van der Waals surface area contributed by atoms with E-state index in [0.29, 0.717) is 5.56 Å². The number of aliphatic hydroxyl groups excluding tert-OH is 1. The van der Waals surface area contributed by atoms with E-state index in [-0.39, 0.29) is 12.6 Å². The molecule has 0 atom stereocenters. The summed E-state index contributed by atoms with van der Waals surface area (Å²) < 4.78 is 10.2. The monoisotopic (exact) mass is 604 g/mol. The van der Waals surface area contributed by atoms with E-state index in [0.717, 1.165) is 34.8 Å². The number of hydrogen-bond donors (Lipinski definition) is 1. The molecule has 1 N–H and O–H groups in total. The van der Waals surface area contributed by atoms with Crippen molar-refractivity contribution in [3.8, 4) is 0 Å². The van der Waals surface area contributed by atoms with E-state index in [1.807, 2.05) is 43.0 Å². The molecule has 0 aliphatic rings. The van der Waals surface area contributed by atoms with Crippen LogP contribution >= 0.6 is 45.2 Å². The summed E-state index contributed by atoms with van der Waals surface area (Å²) in [5.74, 6) is -0.323. The van der Waals surface area contributed by atoms with Crippen LogP contribution in [0.15, 0.2) is 36.4 Å². The van der Waals surface area contributed by atoms with E-state index >= 15 is 0 Å². The van der Waals surface area contributed by atoms with Gasteiger partial charge in [0.25, 0.3) is 0 Å². The predicted octanol–water partition coefficient (Wildman–Crippen LogP) is 3.63. The van der Waals surface area contributed by atoms with Crippen molar-refractivity contribution in [1.29, 1.82) is 0 Å². The lowest BCUT2D eigenvalue weighted by Crippen LogP contribution is -2.00. The highest BCUT2D eigenvalue weighted by Gasteiger charge is 2.10. The number of hydrogen-bond acceptors (Lipinski definition) is 5. The van der Waals surface area contributed by atoms with Gasteiger partial charge in [0.15, 0.2) is 0 Å². The largest absolute Gasteiger partial charge is 0.465 e. The molecule has 0 radical (unpaired) electrons. The molecule has 0 aliphatic carbocycles. The van der Waals surface area contributed by atoms with Gasteiger partial charge in [-0.3, -0.25) is 9.36 Å². The summed E-state index contributed by atoms with van der Waals surface area (Å²) in [6.07, 6.45) is 0. The minimum Gasteiger partial charge on any atom is -0.465 e. The molecule has 0 bridgehead atoms. The molecule has 0 aliphatic heterocycles. The maximum atomic E-state index is 11.3. The maximum Gasteiger partial charge on any atom is 0.337 e. The fraction of sp³-hybridized carbons (Fsp3) is 0.211. The van der Waals surface area contributed by atoms with Crippen LogP contribution in [0.4, 0.5) is 0 Å². The Morgan fingerprint density at radius 1 is 1.00 bits per heavy atom. The van der Waals surface area contributed by atoms with Gasteiger partial charge in [-0.2, -0.15) is 10.2 Å². The molecule has 2 aromatic carbocycles. The summed E-state index contributed by atoms with van der Waals surface area (Å²) in [5, 5.41) is 19.6. The summed E-state index contributed by atoms with van der Waals surface area (Å²) in [6, 6.07) is 11.3. The van der Waals surface area contributed by atoms with Crippen LogP contribution in [-0.4, -0.2) is 37.7 Å². The van der Waals surface area contributed by atoms with Gasteiger partial charge >= 0.3 is 5.97 Å². The average molecular weight is 604 g/mol. The zero-order valence-electron chi connectivity index (χ0n) is 15.5. The molecular formula is C19H18I2N4O3. The fourth-order valence-corrected chi connectivity index (χ4v) is 4.35. The van der Waals surface area contributed by atoms with Crippen molar-refractivity contribution in [2.45, 2.75) is 6.61 Å². The number of aryl methyl sites for hydroxylation is 2. The van der Waals surface area contributed by atoms with Crippen LogP contribution in [0.3, 0.4) is 0 Å². The highest BCUT2D eigenvalue weighted by Crippen LogP contribution is 2.22. The van der Waals surface area contributed by atoms with Crippen molar-refractivity contribution in [2.24, 2.45) is 14.1 Å². The number of carbonyl (C=O) groups excluding carboxylic acids is 1. The van der Waals surface area contributed by atoms with Crippen molar-refractivity contribution < 1.29 is 14.6 Å². The third-order valence-corrected chi connectivity index (χ3v) is 5.87. The van der Waals surface area contributed by atoms with E-state index in [2.05, 4.69) is 60.1 Å². The molecule has 7 nitrogen and oxygen atoms in total. The summed E-state index contributed by atoms with van der Waals surface area (Å²) >= 11 is 4.35. The number of aliphatic hydroxyl groups is 1. The second-order valence-electron chi connectivity index (χ2n) is 6.06. The lowest BCUT2D eigenvalue weighted by atomic mass is 10.1. The van der Waals surface area contributed by atoms with Gasteiger partial charge in [0.1, 0.15) is 7.40 Å². The molecule has 0 fully saturated rings. The van der Waals surface area contributed by atoms with Crippen molar-refractivity contribution >= 4 is 73.0 Å². The van der Waals surface area contributed by atoms with E-state index in [4.69, 9.17) is 5.11 Å². The first kappa shape index (κ1) is 21.0. The Bertz CT molecular complexity index is 1170. The Morgan fingerprint density at radius 2 is 1.54 bits per heavy atom. The van der Waals surface area contributed by atoms with Crippen molar-refractivity contribution in [1.82, 2.24) is 19.6 Å². The number of aromatic nitrogens is 4. The highest BCUT2D eigenvalue weighted by atomic mass is 127. The molecule has 28 heavy (non-hydrogen) atoms. The van der Waals surface area contributed by atoms with E-state index in [1.165, 1.54) is 7.11 Å².